The summed E-state index contributed by atoms with van der Waals surface area (Å²) < 4.78 is 6.42. The molecule has 0 N–H and O–H groups in total. The summed E-state index contributed by atoms with van der Waals surface area (Å²) in [6.07, 6.45) is 0. The van der Waals surface area contributed by atoms with Crippen molar-refractivity contribution in [1.82, 2.24) is 10.1 Å². The first-order chi connectivity index (χ1) is 8.15. The highest BCUT2D eigenvalue weighted by atomic mass is 127. The number of rotatable bonds is 4. The van der Waals surface area contributed by atoms with Gasteiger partial charge >= 0.3 is 0 Å². The Balaban J connectivity index is 2.10. The summed E-state index contributed by atoms with van der Waals surface area (Å²) in [6.45, 7) is 4.31. The van der Waals surface area contributed by atoms with E-state index in [2.05, 4.69) is 46.6 Å². The maximum atomic E-state index is 5.22. The average molecular weight is 360 g/mol. The van der Waals surface area contributed by atoms with Gasteiger partial charge in [0.25, 0.3) is 0 Å². The van der Waals surface area contributed by atoms with Crippen LogP contribution in [-0.2, 0) is 5.75 Å². The zero-order valence-corrected chi connectivity index (χ0v) is 12.7. The van der Waals surface area contributed by atoms with Crippen molar-refractivity contribution in [1.29, 1.82) is 0 Å². The quantitative estimate of drug-likeness (QED) is 0.773. The monoisotopic (exact) mass is 360 g/mol. The van der Waals surface area contributed by atoms with Crippen molar-refractivity contribution in [3.05, 3.63) is 33.7 Å². The SMILES string of the molecule is CC(C)SCc1nc(-c2ccc(I)cc2)no1. The second kappa shape index (κ2) is 5.86. The molecule has 0 radical (unpaired) electrons. The third-order valence-electron chi connectivity index (χ3n) is 2.11. The molecule has 2 aromatic rings. The van der Waals surface area contributed by atoms with Gasteiger partial charge in [-0.05, 0) is 40.0 Å². The van der Waals surface area contributed by atoms with Crippen molar-refractivity contribution in [2.24, 2.45) is 0 Å². The summed E-state index contributed by atoms with van der Waals surface area (Å²) in [6, 6.07) is 8.08. The second-order valence-corrected chi connectivity index (χ2v) is 6.69. The average Bonchev–Trinajstić information content (AvgIpc) is 2.76. The van der Waals surface area contributed by atoms with Crippen LogP contribution in [0, 0.1) is 3.57 Å². The molecule has 1 heterocycles. The molecule has 0 saturated carbocycles. The first-order valence-corrected chi connectivity index (χ1v) is 7.48. The van der Waals surface area contributed by atoms with E-state index < -0.39 is 0 Å². The van der Waals surface area contributed by atoms with Crippen molar-refractivity contribution < 1.29 is 4.52 Å². The predicted octanol–water partition coefficient (Wildman–Crippen LogP) is 3.98. The molecule has 3 nitrogen and oxygen atoms in total. The molecular formula is C12H13IN2OS. The minimum absolute atomic E-state index is 0.573. The number of hydrogen-bond acceptors (Lipinski definition) is 4. The Morgan fingerprint density at radius 2 is 2.00 bits per heavy atom. The summed E-state index contributed by atoms with van der Waals surface area (Å²) in [5.74, 6) is 2.13. The fourth-order valence-corrected chi connectivity index (χ4v) is 2.22. The topological polar surface area (TPSA) is 38.9 Å². The molecule has 0 fully saturated rings. The second-order valence-electron chi connectivity index (χ2n) is 3.88. The van der Waals surface area contributed by atoms with Crippen LogP contribution in [0.1, 0.15) is 19.7 Å². The number of aromatic nitrogens is 2. The summed E-state index contributed by atoms with van der Waals surface area (Å²) in [5.41, 5.74) is 0.995. The van der Waals surface area contributed by atoms with E-state index in [-0.39, 0.29) is 0 Å². The van der Waals surface area contributed by atoms with Gasteiger partial charge in [0, 0.05) is 9.13 Å². The molecule has 0 aliphatic rings. The number of halogens is 1. The summed E-state index contributed by atoms with van der Waals surface area (Å²) in [5, 5.41) is 4.56. The number of nitrogens with zero attached hydrogens (tertiary/aromatic N) is 2. The molecule has 0 unspecified atom stereocenters. The Hall–Kier alpha value is -0.560. The lowest BCUT2D eigenvalue weighted by Gasteiger charge is -1.99. The van der Waals surface area contributed by atoms with Gasteiger partial charge in [-0.3, -0.25) is 0 Å². The van der Waals surface area contributed by atoms with Crippen LogP contribution >= 0.6 is 34.4 Å². The van der Waals surface area contributed by atoms with Crippen LogP contribution < -0.4 is 0 Å². The highest BCUT2D eigenvalue weighted by Gasteiger charge is 2.09. The van der Waals surface area contributed by atoms with Gasteiger partial charge in [0.05, 0.1) is 5.75 Å². The van der Waals surface area contributed by atoms with E-state index >= 15 is 0 Å². The van der Waals surface area contributed by atoms with E-state index in [4.69, 9.17) is 4.52 Å². The first-order valence-electron chi connectivity index (χ1n) is 5.35. The molecule has 0 atom stereocenters. The summed E-state index contributed by atoms with van der Waals surface area (Å²) >= 11 is 4.07. The molecule has 1 aromatic carbocycles. The van der Waals surface area contributed by atoms with Crippen LogP contribution in [0.25, 0.3) is 11.4 Å². The molecule has 2 rings (SSSR count). The summed E-state index contributed by atoms with van der Waals surface area (Å²) in [4.78, 5) is 4.38. The fraction of sp³-hybridized carbons (Fsp3) is 0.333. The van der Waals surface area contributed by atoms with Crippen molar-refractivity contribution in [2.45, 2.75) is 24.9 Å². The van der Waals surface area contributed by atoms with Crippen LogP contribution in [0.15, 0.2) is 28.8 Å². The van der Waals surface area contributed by atoms with E-state index in [0.717, 1.165) is 11.3 Å². The third kappa shape index (κ3) is 3.70. The van der Waals surface area contributed by atoms with Crippen LogP contribution in [0.4, 0.5) is 0 Å². The third-order valence-corrected chi connectivity index (χ3v) is 3.91. The smallest absolute Gasteiger partial charge is 0.236 e. The molecule has 17 heavy (non-hydrogen) atoms. The maximum absolute atomic E-state index is 5.22. The Morgan fingerprint density at radius 3 is 2.65 bits per heavy atom. The first kappa shape index (κ1) is 12.9. The zero-order chi connectivity index (χ0) is 12.3. The molecule has 0 amide bonds. The predicted molar refractivity (Wildman–Crippen MR) is 78.9 cm³/mol. The normalized spacial score (nSPS) is 11.1. The van der Waals surface area contributed by atoms with Crippen LogP contribution in [0.3, 0.4) is 0 Å². The number of benzene rings is 1. The van der Waals surface area contributed by atoms with Gasteiger partial charge in [0.1, 0.15) is 0 Å². The van der Waals surface area contributed by atoms with E-state index in [1.165, 1.54) is 3.57 Å². The lowest BCUT2D eigenvalue weighted by Crippen LogP contribution is -1.89. The van der Waals surface area contributed by atoms with Gasteiger partial charge in [-0.2, -0.15) is 4.98 Å². The van der Waals surface area contributed by atoms with Gasteiger partial charge in [0.15, 0.2) is 0 Å². The van der Waals surface area contributed by atoms with Crippen molar-refractivity contribution in [3.8, 4) is 11.4 Å². The Morgan fingerprint density at radius 1 is 1.29 bits per heavy atom. The van der Waals surface area contributed by atoms with Gasteiger partial charge < -0.3 is 4.52 Å². The molecule has 1 aromatic heterocycles. The van der Waals surface area contributed by atoms with E-state index in [1.807, 2.05) is 24.3 Å². The Bertz CT molecular complexity index is 482. The van der Waals surface area contributed by atoms with Gasteiger partial charge in [0.2, 0.25) is 11.7 Å². The van der Waals surface area contributed by atoms with E-state index in [9.17, 15) is 0 Å². The van der Waals surface area contributed by atoms with Crippen LogP contribution in [-0.4, -0.2) is 15.4 Å². The van der Waals surface area contributed by atoms with Crippen molar-refractivity contribution >= 4 is 34.4 Å². The maximum Gasteiger partial charge on any atom is 0.236 e. The lowest BCUT2D eigenvalue weighted by molar-refractivity contribution is 0.391. The Labute approximate surface area is 119 Å². The molecule has 0 spiro atoms. The van der Waals surface area contributed by atoms with E-state index in [0.29, 0.717) is 17.0 Å². The molecule has 90 valence electrons. The van der Waals surface area contributed by atoms with Gasteiger partial charge in [-0.25, -0.2) is 0 Å². The van der Waals surface area contributed by atoms with Crippen LogP contribution in [0.2, 0.25) is 0 Å². The van der Waals surface area contributed by atoms with Crippen molar-refractivity contribution in [2.75, 3.05) is 0 Å². The largest absolute Gasteiger partial charge is 0.338 e. The molecule has 0 aliphatic carbocycles. The van der Waals surface area contributed by atoms with Gasteiger partial charge in [-0.1, -0.05) is 31.1 Å². The zero-order valence-electron chi connectivity index (χ0n) is 9.68. The van der Waals surface area contributed by atoms with E-state index in [1.54, 1.807) is 11.8 Å². The van der Waals surface area contributed by atoms with Gasteiger partial charge in [-0.15, -0.1) is 11.8 Å². The summed E-state index contributed by atoms with van der Waals surface area (Å²) in [7, 11) is 0. The minimum atomic E-state index is 0.573. The molecular weight excluding hydrogens is 347 g/mol. The molecule has 0 saturated heterocycles. The minimum Gasteiger partial charge on any atom is -0.338 e. The van der Waals surface area contributed by atoms with Crippen LogP contribution in [0.5, 0.6) is 0 Å². The lowest BCUT2D eigenvalue weighted by atomic mass is 10.2. The highest BCUT2D eigenvalue weighted by molar-refractivity contribution is 14.1. The molecule has 5 heteroatoms. The Kier molecular flexibility index (Phi) is 4.44. The standard InChI is InChI=1S/C12H13IN2OS/c1-8(2)17-7-11-14-12(15-16-11)9-3-5-10(13)6-4-9/h3-6,8H,7H2,1-2H3. The molecule has 0 bridgehead atoms. The number of hydrogen-bond donors (Lipinski definition) is 0. The number of thioether (sulfide) groups is 1. The highest BCUT2D eigenvalue weighted by Crippen LogP contribution is 2.20. The fourth-order valence-electron chi connectivity index (χ4n) is 1.27. The molecule has 0 aliphatic heterocycles. The van der Waals surface area contributed by atoms with Crippen molar-refractivity contribution in [3.63, 3.8) is 0 Å².